The number of rotatable bonds is 8. The first-order valence-corrected chi connectivity index (χ1v) is 14.9. The number of hydrogen-bond donors (Lipinski definition) is 3. The van der Waals surface area contributed by atoms with Crippen LogP contribution in [-0.2, 0) is 11.8 Å². The van der Waals surface area contributed by atoms with Gasteiger partial charge in [0.2, 0.25) is 5.89 Å². The molecule has 0 saturated heterocycles. The molecule has 0 amide bonds. The van der Waals surface area contributed by atoms with Gasteiger partial charge in [0.1, 0.15) is 5.76 Å². The highest BCUT2D eigenvalue weighted by Gasteiger charge is 2.54. The van der Waals surface area contributed by atoms with Crippen LogP contribution in [0.4, 0.5) is 0 Å². The largest absolute Gasteiger partial charge is 0.445 e. The lowest BCUT2D eigenvalue weighted by Gasteiger charge is -2.44. The molecule has 1 aromatic rings. The van der Waals surface area contributed by atoms with Gasteiger partial charge in [0, 0.05) is 12.8 Å². The van der Waals surface area contributed by atoms with E-state index in [2.05, 4.69) is 50.6 Å². The molecule has 7 atom stereocenters. The lowest BCUT2D eigenvalue weighted by atomic mass is 9.61. The molecule has 1 heterocycles. The second kappa shape index (κ2) is 10.9. The molecule has 5 heteroatoms. The molecule has 4 aliphatic rings. The van der Waals surface area contributed by atoms with Gasteiger partial charge in [-0.25, -0.2) is 4.98 Å². The maximum Gasteiger partial charge on any atom is 0.203 e. The van der Waals surface area contributed by atoms with Crippen molar-refractivity contribution in [3.8, 4) is 0 Å². The van der Waals surface area contributed by atoms with E-state index in [0.717, 1.165) is 49.0 Å². The molecule has 4 aliphatic carbocycles. The second-order valence-corrected chi connectivity index (χ2v) is 12.9. The van der Waals surface area contributed by atoms with Gasteiger partial charge in [-0.05, 0) is 92.1 Å². The normalized spacial score (nSPS) is 36.6. The average Bonchev–Trinajstić information content (AvgIpc) is 3.42. The van der Waals surface area contributed by atoms with Crippen LogP contribution in [0.3, 0.4) is 0 Å². The molecule has 4 fully saturated rings. The molecule has 208 valence electrons. The first kappa shape index (κ1) is 27.6. The number of aromatic nitrogens is 1. The summed E-state index contributed by atoms with van der Waals surface area (Å²) < 4.78 is 6.01. The maximum atomic E-state index is 11.2. The Morgan fingerprint density at radius 1 is 1.18 bits per heavy atom. The fraction of sp³-hybridized carbons (Fsp3) is 0.667. The number of fused-ring (bicyclic) bond motifs is 1. The van der Waals surface area contributed by atoms with E-state index in [1.807, 2.05) is 12.3 Å². The zero-order valence-corrected chi connectivity index (χ0v) is 23.5. The Hall–Kier alpha value is -1.95. The van der Waals surface area contributed by atoms with Crippen molar-refractivity contribution < 1.29 is 19.7 Å². The fourth-order valence-electron chi connectivity index (χ4n) is 7.88. The van der Waals surface area contributed by atoms with Crippen LogP contribution in [0.1, 0.15) is 96.6 Å². The average molecular weight is 522 g/mol. The Morgan fingerprint density at radius 2 is 1.97 bits per heavy atom. The number of aliphatic hydroxyl groups is 3. The third kappa shape index (κ3) is 5.14. The number of nitrogens with zero attached hydrogens (tertiary/aromatic N) is 1. The van der Waals surface area contributed by atoms with Gasteiger partial charge in [-0.1, -0.05) is 57.2 Å². The van der Waals surface area contributed by atoms with E-state index in [0.29, 0.717) is 36.5 Å². The third-order valence-electron chi connectivity index (χ3n) is 10.4. The van der Waals surface area contributed by atoms with Crippen LogP contribution >= 0.6 is 0 Å². The van der Waals surface area contributed by atoms with Gasteiger partial charge >= 0.3 is 0 Å². The quantitative estimate of drug-likeness (QED) is 0.347. The molecule has 1 aromatic heterocycles. The van der Waals surface area contributed by atoms with Crippen LogP contribution in [0.2, 0.25) is 0 Å². The third-order valence-corrected chi connectivity index (χ3v) is 10.4. The Kier molecular flexibility index (Phi) is 7.92. The van der Waals surface area contributed by atoms with E-state index in [9.17, 15) is 15.3 Å². The van der Waals surface area contributed by atoms with E-state index >= 15 is 0 Å². The predicted octanol–water partition coefficient (Wildman–Crippen LogP) is 6.35. The maximum absolute atomic E-state index is 11.2. The highest BCUT2D eigenvalue weighted by molar-refractivity contribution is 5.38. The topological polar surface area (TPSA) is 86.7 Å². The molecular formula is C33H47NO4. The Bertz CT molecular complexity index is 1110. The van der Waals surface area contributed by atoms with Crippen LogP contribution in [0.25, 0.3) is 0 Å². The van der Waals surface area contributed by atoms with E-state index in [-0.39, 0.29) is 10.8 Å². The van der Waals surface area contributed by atoms with Crippen molar-refractivity contribution in [2.24, 2.45) is 23.2 Å². The summed E-state index contributed by atoms with van der Waals surface area (Å²) in [5, 5.41) is 31.5. The monoisotopic (exact) mass is 521 g/mol. The molecular weight excluding hydrogens is 474 g/mol. The molecule has 0 spiro atoms. The van der Waals surface area contributed by atoms with E-state index < -0.39 is 18.3 Å². The van der Waals surface area contributed by atoms with E-state index in [1.165, 1.54) is 31.3 Å². The summed E-state index contributed by atoms with van der Waals surface area (Å²) in [6.45, 7) is 11.0. The number of hydrogen-bond acceptors (Lipinski definition) is 5. The van der Waals surface area contributed by atoms with Gasteiger partial charge in [-0.15, -0.1) is 0 Å². The first-order chi connectivity index (χ1) is 18.2. The van der Waals surface area contributed by atoms with Crippen molar-refractivity contribution in [3.05, 3.63) is 65.5 Å². The van der Waals surface area contributed by atoms with Gasteiger partial charge in [-0.2, -0.15) is 0 Å². The van der Waals surface area contributed by atoms with Crippen molar-refractivity contribution in [1.29, 1.82) is 0 Å². The van der Waals surface area contributed by atoms with Crippen LogP contribution < -0.4 is 0 Å². The summed E-state index contributed by atoms with van der Waals surface area (Å²) in [5.41, 5.74) is 3.15. The minimum absolute atomic E-state index is 0.245. The minimum atomic E-state index is -0.643. The van der Waals surface area contributed by atoms with Gasteiger partial charge in [0.05, 0.1) is 29.9 Å². The van der Waals surface area contributed by atoms with Crippen molar-refractivity contribution >= 4 is 0 Å². The SMILES string of the molecule is C=C1C(=CC=C2CCC[C@]3(C)[C@@H]([C@@H](C)C=C[C@@H](O)C4(c5ncc(CCC)o5)CC4)CC[C@@H]23)CC(O)CC1O. The molecule has 2 unspecified atom stereocenters. The van der Waals surface area contributed by atoms with Crippen molar-refractivity contribution in [3.63, 3.8) is 0 Å². The zero-order valence-electron chi connectivity index (χ0n) is 23.5. The molecule has 0 aliphatic heterocycles. The zero-order chi connectivity index (χ0) is 27.1. The van der Waals surface area contributed by atoms with Gasteiger partial charge in [0.15, 0.2) is 0 Å². The Morgan fingerprint density at radius 3 is 2.71 bits per heavy atom. The highest BCUT2D eigenvalue weighted by Crippen LogP contribution is 2.60. The van der Waals surface area contributed by atoms with Crippen molar-refractivity contribution in [1.82, 2.24) is 4.98 Å². The van der Waals surface area contributed by atoms with Crippen molar-refractivity contribution in [2.45, 2.75) is 115 Å². The van der Waals surface area contributed by atoms with Crippen LogP contribution in [0.5, 0.6) is 0 Å². The molecule has 5 nitrogen and oxygen atoms in total. The second-order valence-electron chi connectivity index (χ2n) is 12.9. The molecule has 5 rings (SSSR count). The van der Waals surface area contributed by atoms with Crippen LogP contribution in [0.15, 0.2) is 58.2 Å². The molecule has 4 saturated carbocycles. The van der Waals surface area contributed by atoms with Crippen LogP contribution in [0, 0.1) is 23.2 Å². The number of oxazole rings is 1. The summed E-state index contributed by atoms with van der Waals surface area (Å²) >= 11 is 0. The summed E-state index contributed by atoms with van der Waals surface area (Å²) in [5.74, 6) is 3.14. The van der Waals surface area contributed by atoms with Gasteiger partial charge < -0.3 is 19.7 Å². The van der Waals surface area contributed by atoms with E-state index in [1.54, 1.807) is 0 Å². The first-order valence-electron chi connectivity index (χ1n) is 14.9. The number of aryl methyl sites for hydroxylation is 1. The summed E-state index contributed by atoms with van der Waals surface area (Å²) in [6.07, 6.45) is 19.5. The van der Waals surface area contributed by atoms with Crippen LogP contribution in [-0.4, -0.2) is 38.6 Å². The fourth-order valence-corrected chi connectivity index (χ4v) is 7.88. The summed E-state index contributed by atoms with van der Waals surface area (Å²) in [6, 6.07) is 0. The standard InChI is InChI=1S/C33H47NO4/c1-5-7-26-20-34-31(38-26)33(16-17-33)30(37)14-9-21(2)27-12-13-28-23(8-6-15-32(27,28)4)10-11-24-18-25(35)19-29(36)22(24)3/h9-11,14,20-21,25,27-30,35-37H,3,5-8,12-13,15-19H2,1-2,4H3/t21-,25?,27+,28-,29?,30+,32+/m0/s1. The molecule has 0 aromatic carbocycles. The lowest BCUT2D eigenvalue weighted by molar-refractivity contribution is 0.0862. The van der Waals surface area contributed by atoms with Gasteiger partial charge in [-0.3, -0.25) is 0 Å². The molecule has 0 radical (unpaired) electrons. The number of aliphatic hydroxyl groups excluding tert-OH is 3. The Labute approximate surface area is 228 Å². The predicted molar refractivity (Wildman–Crippen MR) is 150 cm³/mol. The smallest absolute Gasteiger partial charge is 0.203 e. The minimum Gasteiger partial charge on any atom is -0.445 e. The Balaban J connectivity index is 1.27. The summed E-state index contributed by atoms with van der Waals surface area (Å²) in [4.78, 5) is 4.53. The highest BCUT2D eigenvalue weighted by atomic mass is 16.4. The summed E-state index contributed by atoms with van der Waals surface area (Å²) in [7, 11) is 0. The lowest BCUT2D eigenvalue weighted by Crippen LogP contribution is -2.35. The molecule has 38 heavy (non-hydrogen) atoms. The molecule has 3 N–H and O–H groups in total. The molecule has 0 bridgehead atoms. The van der Waals surface area contributed by atoms with Crippen molar-refractivity contribution in [2.75, 3.05) is 0 Å². The van der Waals surface area contributed by atoms with E-state index in [4.69, 9.17) is 4.42 Å². The number of allylic oxidation sites excluding steroid dienone is 4. The van der Waals surface area contributed by atoms with Gasteiger partial charge in [0.25, 0.3) is 0 Å².